The van der Waals surface area contributed by atoms with E-state index in [1.165, 1.54) is 30.6 Å². The van der Waals surface area contributed by atoms with Gasteiger partial charge in [0.2, 0.25) is 10.0 Å². The average Bonchev–Trinajstić information content (AvgIpc) is 2.31. The lowest BCUT2D eigenvalue weighted by atomic mass is 10.3. The number of anilines is 1. The first-order valence-corrected chi connectivity index (χ1v) is 7.56. The number of likely N-dealkylation sites (N-methyl/N-ethyl adjacent to an activating group) is 1. The number of halogens is 1. The maximum atomic E-state index is 12.3. The van der Waals surface area contributed by atoms with E-state index in [1.54, 1.807) is 13.0 Å². The molecule has 0 aromatic heterocycles. The van der Waals surface area contributed by atoms with Gasteiger partial charge in [-0.25, -0.2) is 8.42 Å². The molecule has 0 fully saturated rings. The maximum Gasteiger partial charge on any atom is 0.243 e. The number of nitrogens with zero attached hydrogens (tertiary/aromatic N) is 1. The number of ether oxygens (including phenoxy) is 1. The van der Waals surface area contributed by atoms with Gasteiger partial charge in [0.05, 0.1) is 11.5 Å². The molecule has 1 atom stereocenters. The summed E-state index contributed by atoms with van der Waals surface area (Å²) < 4.78 is 31.5. The van der Waals surface area contributed by atoms with Crippen molar-refractivity contribution in [3.05, 3.63) is 22.7 Å². The fourth-order valence-corrected chi connectivity index (χ4v) is 3.06. The molecule has 0 radical (unpaired) electrons. The first-order chi connectivity index (χ1) is 8.30. The fourth-order valence-electron chi connectivity index (χ4n) is 1.43. The summed E-state index contributed by atoms with van der Waals surface area (Å²) in [7, 11) is -0.486. The predicted molar refractivity (Wildman–Crippen MR) is 74.8 cm³/mol. The van der Waals surface area contributed by atoms with E-state index < -0.39 is 10.0 Å². The van der Waals surface area contributed by atoms with Crippen LogP contribution in [0.1, 0.15) is 6.92 Å². The standard InChI is InChI=1S/C11H17BrN2O3S/c1-8(7-17-3)14(2)18(15,16)9-4-5-10(12)11(13)6-9/h4-6,8H,7,13H2,1-3H3. The molecule has 0 bridgehead atoms. The molecule has 0 aliphatic heterocycles. The van der Waals surface area contributed by atoms with Crippen LogP contribution >= 0.6 is 15.9 Å². The Morgan fingerprint density at radius 3 is 2.61 bits per heavy atom. The van der Waals surface area contributed by atoms with E-state index in [1.807, 2.05) is 0 Å². The van der Waals surface area contributed by atoms with Crippen molar-refractivity contribution in [3.8, 4) is 0 Å². The topological polar surface area (TPSA) is 72.6 Å². The minimum atomic E-state index is -3.55. The SMILES string of the molecule is COCC(C)N(C)S(=O)(=O)c1ccc(Br)c(N)c1. The minimum Gasteiger partial charge on any atom is -0.398 e. The second-order valence-electron chi connectivity index (χ2n) is 4.01. The summed E-state index contributed by atoms with van der Waals surface area (Å²) in [6, 6.07) is 4.34. The van der Waals surface area contributed by atoms with Gasteiger partial charge in [-0.05, 0) is 41.1 Å². The lowest BCUT2D eigenvalue weighted by molar-refractivity contribution is 0.149. The van der Waals surface area contributed by atoms with Gasteiger partial charge in [0.1, 0.15) is 0 Å². The molecule has 0 saturated heterocycles. The molecule has 2 N–H and O–H groups in total. The van der Waals surface area contributed by atoms with Crippen LogP contribution in [0.2, 0.25) is 0 Å². The molecule has 0 aliphatic carbocycles. The van der Waals surface area contributed by atoms with Gasteiger partial charge in [0.25, 0.3) is 0 Å². The molecule has 1 aromatic carbocycles. The van der Waals surface area contributed by atoms with Crippen molar-refractivity contribution in [1.82, 2.24) is 4.31 Å². The van der Waals surface area contributed by atoms with E-state index in [0.717, 1.165) is 0 Å². The Labute approximate surface area is 116 Å². The summed E-state index contributed by atoms with van der Waals surface area (Å²) in [5.74, 6) is 0. The minimum absolute atomic E-state index is 0.175. The zero-order valence-corrected chi connectivity index (χ0v) is 13.0. The maximum absolute atomic E-state index is 12.3. The predicted octanol–water partition coefficient (Wildman–Crippen LogP) is 1.69. The molecule has 18 heavy (non-hydrogen) atoms. The van der Waals surface area contributed by atoms with Crippen molar-refractivity contribution >= 4 is 31.6 Å². The molecular weight excluding hydrogens is 320 g/mol. The van der Waals surface area contributed by atoms with Crippen LogP contribution < -0.4 is 5.73 Å². The third-order valence-corrected chi connectivity index (χ3v) is 5.36. The van der Waals surface area contributed by atoms with Gasteiger partial charge >= 0.3 is 0 Å². The Morgan fingerprint density at radius 2 is 2.11 bits per heavy atom. The average molecular weight is 337 g/mol. The zero-order valence-electron chi connectivity index (χ0n) is 10.6. The fraction of sp³-hybridized carbons (Fsp3) is 0.455. The van der Waals surface area contributed by atoms with Crippen LogP contribution in [0.5, 0.6) is 0 Å². The largest absolute Gasteiger partial charge is 0.398 e. The molecule has 0 saturated carbocycles. The van der Waals surface area contributed by atoms with Gasteiger partial charge in [-0.1, -0.05) is 0 Å². The van der Waals surface area contributed by atoms with E-state index in [2.05, 4.69) is 15.9 Å². The van der Waals surface area contributed by atoms with Crippen molar-refractivity contribution in [1.29, 1.82) is 0 Å². The Balaban J connectivity index is 3.09. The summed E-state index contributed by atoms with van der Waals surface area (Å²) in [5, 5.41) is 0. The number of sulfonamides is 1. The lowest BCUT2D eigenvalue weighted by Crippen LogP contribution is -2.37. The van der Waals surface area contributed by atoms with Gasteiger partial charge in [-0.2, -0.15) is 4.31 Å². The van der Waals surface area contributed by atoms with Gasteiger partial charge in [-0.3, -0.25) is 0 Å². The number of hydrogen-bond donors (Lipinski definition) is 1. The van der Waals surface area contributed by atoms with E-state index in [0.29, 0.717) is 16.8 Å². The summed E-state index contributed by atoms with van der Waals surface area (Å²) in [6.45, 7) is 2.12. The first kappa shape index (κ1) is 15.4. The molecular formula is C11H17BrN2O3S. The van der Waals surface area contributed by atoms with E-state index in [4.69, 9.17) is 10.5 Å². The monoisotopic (exact) mass is 336 g/mol. The van der Waals surface area contributed by atoms with Crippen LogP contribution in [0.25, 0.3) is 0 Å². The smallest absolute Gasteiger partial charge is 0.243 e. The molecule has 102 valence electrons. The number of benzene rings is 1. The molecule has 0 amide bonds. The second-order valence-corrected chi connectivity index (χ2v) is 6.86. The number of rotatable bonds is 5. The van der Waals surface area contributed by atoms with Crippen LogP contribution in [-0.4, -0.2) is 39.5 Å². The number of methoxy groups -OCH3 is 1. The Hall–Kier alpha value is -0.630. The van der Waals surface area contributed by atoms with Crippen molar-refractivity contribution in [2.24, 2.45) is 0 Å². The van der Waals surface area contributed by atoms with Crippen molar-refractivity contribution in [3.63, 3.8) is 0 Å². The zero-order chi connectivity index (χ0) is 13.9. The van der Waals surface area contributed by atoms with E-state index in [9.17, 15) is 8.42 Å². The quantitative estimate of drug-likeness (QED) is 0.830. The highest BCUT2D eigenvalue weighted by molar-refractivity contribution is 9.10. The number of nitrogen functional groups attached to an aromatic ring is 1. The number of hydrogen-bond acceptors (Lipinski definition) is 4. The summed E-state index contributed by atoms with van der Waals surface area (Å²) >= 11 is 3.23. The van der Waals surface area contributed by atoms with Crippen LogP contribution in [0, 0.1) is 0 Å². The van der Waals surface area contributed by atoms with Gasteiger partial charge < -0.3 is 10.5 Å². The highest BCUT2D eigenvalue weighted by Gasteiger charge is 2.25. The highest BCUT2D eigenvalue weighted by atomic mass is 79.9. The summed E-state index contributed by atoms with van der Waals surface area (Å²) in [6.07, 6.45) is 0. The molecule has 0 spiro atoms. The normalized spacial score (nSPS) is 13.8. The summed E-state index contributed by atoms with van der Waals surface area (Å²) in [5.41, 5.74) is 6.09. The van der Waals surface area contributed by atoms with Gasteiger partial charge in [0.15, 0.2) is 0 Å². The summed E-state index contributed by atoms with van der Waals surface area (Å²) in [4.78, 5) is 0.175. The van der Waals surface area contributed by atoms with Crippen LogP contribution in [0.15, 0.2) is 27.6 Å². The molecule has 7 heteroatoms. The van der Waals surface area contributed by atoms with Crippen molar-refractivity contribution < 1.29 is 13.2 Å². The van der Waals surface area contributed by atoms with Crippen molar-refractivity contribution in [2.45, 2.75) is 17.9 Å². The van der Waals surface area contributed by atoms with Gasteiger partial charge in [0, 0.05) is 30.4 Å². The van der Waals surface area contributed by atoms with Crippen molar-refractivity contribution in [2.75, 3.05) is 26.5 Å². The molecule has 5 nitrogen and oxygen atoms in total. The number of nitrogens with two attached hydrogens (primary N) is 1. The van der Waals surface area contributed by atoms with Crippen LogP contribution in [0.3, 0.4) is 0 Å². The molecule has 1 rings (SSSR count). The highest BCUT2D eigenvalue weighted by Crippen LogP contribution is 2.25. The molecule has 1 unspecified atom stereocenters. The lowest BCUT2D eigenvalue weighted by Gasteiger charge is -2.23. The molecule has 0 heterocycles. The van der Waals surface area contributed by atoms with E-state index >= 15 is 0 Å². The van der Waals surface area contributed by atoms with Crippen LogP contribution in [-0.2, 0) is 14.8 Å². The van der Waals surface area contributed by atoms with Gasteiger partial charge in [-0.15, -0.1) is 0 Å². The molecule has 1 aromatic rings. The van der Waals surface area contributed by atoms with E-state index in [-0.39, 0.29) is 10.9 Å². The third kappa shape index (κ3) is 3.23. The Bertz CT molecular complexity index is 519. The second kappa shape index (κ2) is 6.01. The Morgan fingerprint density at radius 1 is 1.50 bits per heavy atom. The molecule has 0 aliphatic rings. The van der Waals surface area contributed by atoms with Crippen LogP contribution in [0.4, 0.5) is 5.69 Å². The third-order valence-electron chi connectivity index (χ3n) is 2.67. The Kier molecular flexibility index (Phi) is 5.15. The first-order valence-electron chi connectivity index (χ1n) is 5.32.